The van der Waals surface area contributed by atoms with Crippen LogP contribution in [0.1, 0.15) is 46.3 Å². The van der Waals surface area contributed by atoms with Crippen molar-refractivity contribution in [2.75, 3.05) is 13.1 Å². The largest absolute Gasteiger partial charge is 0.330 e. The van der Waals surface area contributed by atoms with Gasteiger partial charge in [0.05, 0.1) is 11.0 Å². The average molecular weight is 532 g/mol. The van der Waals surface area contributed by atoms with Crippen LogP contribution in [0.4, 0.5) is 5.69 Å². The molecule has 0 saturated heterocycles. The molecule has 1 atom stereocenters. The minimum Gasteiger partial charge on any atom is -0.330 e. The van der Waals surface area contributed by atoms with Crippen LogP contribution >= 0.6 is 34.5 Å². The number of fused-ring (bicyclic) bond motifs is 1. The third-order valence-corrected chi connectivity index (χ3v) is 7.62. The molecule has 1 aliphatic rings. The molecule has 0 spiro atoms. The van der Waals surface area contributed by atoms with Gasteiger partial charge >= 0.3 is 0 Å². The van der Waals surface area contributed by atoms with Crippen molar-refractivity contribution in [2.24, 2.45) is 0 Å². The SMILES string of the molecule is CC(C)N(CC(=O)N1CCc2sccc2C1c1ccc(Cl)cc1)C(=O)c1ccc(Cl)c([N+](=O)[O-])c1. The van der Waals surface area contributed by atoms with E-state index in [4.69, 9.17) is 23.2 Å². The number of rotatable bonds is 6. The number of nitro benzene ring substituents is 1. The first-order valence-electron chi connectivity index (χ1n) is 11.0. The summed E-state index contributed by atoms with van der Waals surface area (Å²) in [6.45, 7) is 3.97. The molecule has 1 aromatic heterocycles. The molecule has 0 N–H and O–H groups in total. The summed E-state index contributed by atoms with van der Waals surface area (Å²) in [5.41, 5.74) is 1.78. The molecule has 0 radical (unpaired) electrons. The molecule has 3 aromatic rings. The maximum atomic E-state index is 13.6. The van der Waals surface area contributed by atoms with Crippen LogP contribution in [0.5, 0.6) is 0 Å². The van der Waals surface area contributed by atoms with Gasteiger partial charge in [0.1, 0.15) is 11.6 Å². The molecule has 2 amide bonds. The fraction of sp³-hybridized carbons (Fsp3) is 0.280. The monoisotopic (exact) mass is 531 g/mol. The van der Waals surface area contributed by atoms with Gasteiger partial charge in [-0.05, 0) is 67.1 Å². The Hall–Kier alpha value is -2.94. The minimum absolute atomic E-state index is 0.0515. The maximum absolute atomic E-state index is 13.6. The highest BCUT2D eigenvalue weighted by Gasteiger charge is 2.34. The number of benzene rings is 2. The van der Waals surface area contributed by atoms with Gasteiger partial charge in [0, 0.05) is 34.1 Å². The predicted molar refractivity (Wildman–Crippen MR) is 137 cm³/mol. The van der Waals surface area contributed by atoms with Crippen molar-refractivity contribution in [1.82, 2.24) is 9.80 Å². The van der Waals surface area contributed by atoms with E-state index in [9.17, 15) is 19.7 Å². The number of hydrogen-bond acceptors (Lipinski definition) is 5. The second-order valence-electron chi connectivity index (χ2n) is 8.54. The molecule has 2 aromatic carbocycles. The van der Waals surface area contributed by atoms with E-state index in [1.807, 2.05) is 23.6 Å². The van der Waals surface area contributed by atoms with Crippen molar-refractivity contribution in [3.63, 3.8) is 0 Å². The molecule has 0 fully saturated rings. The van der Waals surface area contributed by atoms with Gasteiger partial charge in [-0.2, -0.15) is 0 Å². The molecule has 10 heteroatoms. The zero-order valence-corrected chi connectivity index (χ0v) is 21.4. The molecule has 4 rings (SSSR count). The molecule has 7 nitrogen and oxygen atoms in total. The van der Waals surface area contributed by atoms with E-state index < -0.39 is 10.8 Å². The molecular weight excluding hydrogens is 509 g/mol. The number of nitro groups is 1. The Labute approximate surface area is 217 Å². The molecule has 2 heterocycles. The number of nitrogens with zero attached hydrogens (tertiary/aromatic N) is 3. The lowest BCUT2D eigenvalue weighted by Crippen LogP contribution is -2.48. The molecule has 35 heavy (non-hydrogen) atoms. The van der Waals surface area contributed by atoms with Crippen LogP contribution in [0.2, 0.25) is 10.0 Å². The number of thiophene rings is 1. The van der Waals surface area contributed by atoms with Crippen molar-refractivity contribution in [2.45, 2.75) is 32.4 Å². The molecule has 1 aliphatic heterocycles. The summed E-state index contributed by atoms with van der Waals surface area (Å²) in [4.78, 5) is 42.1. The first kappa shape index (κ1) is 25.2. The van der Waals surface area contributed by atoms with E-state index in [-0.39, 0.29) is 40.8 Å². The fourth-order valence-corrected chi connectivity index (χ4v) is 5.48. The Bertz CT molecular complexity index is 1280. The summed E-state index contributed by atoms with van der Waals surface area (Å²) in [5.74, 6) is -0.670. The summed E-state index contributed by atoms with van der Waals surface area (Å²) in [6, 6.07) is 12.8. The average Bonchev–Trinajstić information content (AvgIpc) is 3.31. The molecular formula is C25H23Cl2N3O4S. The van der Waals surface area contributed by atoms with Crippen LogP contribution in [-0.2, 0) is 11.2 Å². The van der Waals surface area contributed by atoms with Crippen LogP contribution in [0.3, 0.4) is 0 Å². The van der Waals surface area contributed by atoms with Crippen LogP contribution in [0.15, 0.2) is 53.9 Å². The van der Waals surface area contributed by atoms with E-state index in [0.29, 0.717) is 11.6 Å². The third kappa shape index (κ3) is 5.19. The van der Waals surface area contributed by atoms with E-state index in [2.05, 4.69) is 0 Å². The predicted octanol–water partition coefficient (Wildman–Crippen LogP) is 5.99. The van der Waals surface area contributed by atoms with Crippen molar-refractivity contribution >= 4 is 52.0 Å². The van der Waals surface area contributed by atoms with E-state index >= 15 is 0 Å². The van der Waals surface area contributed by atoms with Gasteiger partial charge in [0.2, 0.25) is 5.91 Å². The number of carbonyl (C=O) groups is 2. The van der Waals surface area contributed by atoms with E-state index in [1.54, 1.807) is 42.2 Å². The van der Waals surface area contributed by atoms with Gasteiger partial charge in [-0.1, -0.05) is 35.3 Å². The molecule has 182 valence electrons. The van der Waals surface area contributed by atoms with Crippen LogP contribution in [0, 0.1) is 10.1 Å². The number of amides is 2. The molecule has 0 bridgehead atoms. The fourth-order valence-electron chi connectivity index (χ4n) is 4.27. The molecule has 0 aliphatic carbocycles. The smallest absolute Gasteiger partial charge is 0.288 e. The summed E-state index contributed by atoms with van der Waals surface area (Å²) in [7, 11) is 0. The molecule has 1 unspecified atom stereocenters. The first-order chi connectivity index (χ1) is 16.7. The van der Waals surface area contributed by atoms with Gasteiger partial charge in [-0.3, -0.25) is 19.7 Å². The zero-order valence-electron chi connectivity index (χ0n) is 19.1. The highest BCUT2D eigenvalue weighted by atomic mass is 35.5. The van der Waals surface area contributed by atoms with Crippen LogP contribution in [0.25, 0.3) is 0 Å². The second kappa shape index (κ2) is 10.4. The van der Waals surface area contributed by atoms with E-state index in [1.165, 1.54) is 21.9 Å². The normalized spacial score (nSPS) is 15.1. The Morgan fingerprint density at radius 2 is 1.89 bits per heavy atom. The topological polar surface area (TPSA) is 83.8 Å². The highest BCUT2D eigenvalue weighted by molar-refractivity contribution is 7.10. The first-order valence-corrected chi connectivity index (χ1v) is 12.7. The Balaban J connectivity index is 1.63. The summed E-state index contributed by atoms with van der Waals surface area (Å²) in [6.07, 6.45) is 0.738. The van der Waals surface area contributed by atoms with Gasteiger partial charge in [-0.25, -0.2) is 0 Å². The number of carbonyl (C=O) groups excluding carboxylic acids is 2. The minimum atomic E-state index is -0.632. The van der Waals surface area contributed by atoms with Gasteiger partial charge < -0.3 is 9.80 Å². The van der Waals surface area contributed by atoms with Crippen molar-refractivity contribution in [1.29, 1.82) is 0 Å². The van der Waals surface area contributed by atoms with Crippen molar-refractivity contribution in [3.05, 3.63) is 95.6 Å². The zero-order chi connectivity index (χ0) is 25.3. The highest BCUT2D eigenvalue weighted by Crippen LogP contribution is 2.38. The lowest BCUT2D eigenvalue weighted by Gasteiger charge is -2.38. The standard InChI is InChI=1S/C25H23Cl2N3O4S/c1-15(2)29(25(32)17-5-8-20(27)21(13-17)30(33)34)14-23(31)28-11-9-22-19(10-12-35-22)24(28)16-3-6-18(26)7-4-16/h3-8,10,12-13,15,24H,9,11,14H2,1-2H3. The van der Waals surface area contributed by atoms with Crippen molar-refractivity contribution in [3.8, 4) is 0 Å². The Morgan fingerprint density at radius 3 is 2.54 bits per heavy atom. The lowest BCUT2D eigenvalue weighted by atomic mass is 9.93. The second-order valence-corrected chi connectivity index (χ2v) is 10.4. The summed E-state index contributed by atoms with van der Waals surface area (Å²) >= 11 is 13.7. The van der Waals surface area contributed by atoms with Gasteiger partial charge in [-0.15, -0.1) is 11.3 Å². The van der Waals surface area contributed by atoms with Crippen LogP contribution < -0.4 is 0 Å². The summed E-state index contributed by atoms with van der Waals surface area (Å²) in [5, 5.41) is 13.9. The Morgan fingerprint density at radius 1 is 1.17 bits per heavy atom. The number of halogens is 2. The number of hydrogen-bond donors (Lipinski definition) is 0. The van der Waals surface area contributed by atoms with Gasteiger partial charge in [0.25, 0.3) is 11.6 Å². The van der Waals surface area contributed by atoms with E-state index in [0.717, 1.165) is 23.6 Å². The quantitative estimate of drug-likeness (QED) is 0.289. The maximum Gasteiger partial charge on any atom is 0.288 e. The van der Waals surface area contributed by atoms with Crippen molar-refractivity contribution < 1.29 is 14.5 Å². The summed E-state index contributed by atoms with van der Waals surface area (Å²) < 4.78 is 0. The van der Waals surface area contributed by atoms with Gasteiger partial charge in [0.15, 0.2) is 0 Å². The molecule has 0 saturated carbocycles. The third-order valence-electron chi connectivity index (χ3n) is 6.05. The lowest BCUT2D eigenvalue weighted by molar-refractivity contribution is -0.384. The Kier molecular flexibility index (Phi) is 7.44. The van der Waals surface area contributed by atoms with Crippen LogP contribution in [-0.4, -0.2) is 45.7 Å².